The van der Waals surface area contributed by atoms with Crippen molar-refractivity contribution in [1.29, 1.82) is 0 Å². The van der Waals surface area contributed by atoms with Gasteiger partial charge < -0.3 is 10.1 Å². The highest BCUT2D eigenvalue weighted by Gasteiger charge is 2.39. The van der Waals surface area contributed by atoms with E-state index in [1.807, 2.05) is 32.0 Å². The molecule has 0 radical (unpaired) electrons. The van der Waals surface area contributed by atoms with Gasteiger partial charge in [0.1, 0.15) is 10.6 Å². The van der Waals surface area contributed by atoms with Gasteiger partial charge in [0, 0.05) is 24.2 Å². The van der Waals surface area contributed by atoms with Crippen LogP contribution in [0.15, 0.2) is 66.2 Å². The van der Waals surface area contributed by atoms with E-state index in [1.54, 1.807) is 18.2 Å². The predicted octanol–water partition coefficient (Wildman–Crippen LogP) is 3.11. The zero-order valence-corrected chi connectivity index (χ0v) is 17.3. The molecule has 8 heteroatoms. The fourth-order valence-corrected chi connectivity index (χ4v) is 5.51. The summed E-state index contributed by atoms with van der Waals surface area (Å²) in [6, 6.07) is 11.6. The zero-order chi connectivity index (χ0) is 21.0. The third kappa shape index (κ3) is 4.83. The van der Waals surface area contributed by atoms with Crippen molar-refractivity contribution in [3.8, 4) is 11.6 Å². The first kappa shape index (κ1) is 21.0. The van der Waals surface area contributed by atoms with Gasteiger partial charge in [0.25, 0.3) is 0 Å². The van der Waals surface area contributed by atoms with Gasteiger partial charge in [-0.3, -0.25) is 4.79 Å². The summed E-state index contributed by atoms with van der Waals surface area (Å²) in [7, 11) is -3.73. The summed E-state index contributed by atoms with van der Waals surface area (Å²) in [5.41, 5.74) is 0. The van der Waals surface area contributed by atoms with Crippen LogP contribution in [-0.4, -0.2) is 41.7 Å². The number of hydrogen-bond donors (Lipinski definition) is 1. The topological polar surface area (TPSA) is 88.6 Å². The molecule has 1 aromatic carbocycles. The molecule has 2 aromatic rings. The Morgan fingerprint density at radius 3 is 2.38 bits per heavy atom. The highest BCUT2D eigenvalue weighted by molar-refractivity contribution is 7.89. The number of amides is 1. The van der Waals surface area contributed by atoms with Crippen molar-refractivity contribution in [2.24, 2.45) is 0 Å². The molecule has 7 nitrogen and oxygen atoms in total. The van der Waals surface area contributed by atoms with Gasteiger partial charge in [0.15, 0.2) is 0 Å². The van der Waals surface area contributed by atoms with Crippen LogP contribution in [0.25, 0.3) is 0 Å². The van der Waals surface area contributed by atoms with Crippen molar-refractivity contribution in [3.63, 3.8) is 0 Å². The molecule has 1 aliphatic rings. The number of para-hydroxylation sites is 1. The number of ether oxygens (including phenoxy) is 1. The fourth-order valence-electron chi connectivity index (χ4n) is 3.72. The highest BCUT2D eigenvalue weighted by atomic mass is 32.2. The maximum absolute atomic E-state index is 13.2. The summed E-state index contributed by atoms with van der Waals surface area (Å²) in [4.78, 5) is 15.8. The summed E-state index contributed by atoms with van der Waals surface area (Å²) >= 11 is 0. The van der Waals surface area contributed by atoms with Crippen LogP contribution in [0, 0.1) is 0 Å². The van der Waals surface area contributed by atoms with Crippen molar-refractivity contribution in [2.45, 2.75) is 49.7 Å². The van der Waals surface area contributed by atoms with Crippen molar-refractivity contribution in [1.82, 2.24) is 14.6 Å². The first-order chi connectivity index (χ1) is 13.8. The molecule has 0 saturated carbocycles. The average molecular weight is 416 g/mol. The number of rotatable bonds is 6. The molecule has 2 atom stereocenters. The van der Waals surface area contributed by atoms with Gasteiger partial charge in [-0.15, -0.1) is 0 Å². The Balaban J connectivity index is 1.74. The van der Waals surface area contributed by atoms with E-state index >= 15 is 0 Å². The second kappa shape index (κ2) is 8.75. The minimum atomic E-state index is -3.73. The molecule has 0 bridgehead atoms. The number of nitrogens with zero attached hydrogens (tertiary/aromatic N) is 2. The van der Waals surface area contributed by atoms with E-state index < -0.39 is 10.0 Å². The number of hydrogen-bond acceptors (Lipinski definition) is 5. The fraction of sp³-hybridized carbons (Fsp3) is 0.333. The lowest BCUT2D eigenvalue weighted by molar-refractivity contribution is -0.117. The number of benzene rings is 1. The van der Waals surface area contributed by atoms with E-state index in [4.69, 9.17) is 4.74 Å². The molecule has 154 valence electrons. The predicted molar refractivity (Wildman–Crippen MR) is 110 cm³/mol. The molecule has 0 spiro atoms. The smallest absolute Gasteiger partial charge is 0.245 e. The largest absolute Gasteiger partial charge is 0.439 e. The summed E-state index contributed by atoms with van der Waals surface area (Å²) < 4.78 is 33.5. The van der Waals surface area contributed by atoms with Crippen LogP contribution in [0.3, 0.4) is 0 Å². The van der Waals surface area contributed by atoms with E-state index in [9.17, 15) is 13.2 Å². The van der Waals surface area contributed by atoms with Crippen LogP contribution >= 0.6 is 0 Å². The maximum Gasteiger partial charge on any atom is 0.245 e. The number of carbonyl (C=O) groups is 1. The third-order valence-electron chi connectivity index (χ3n) is 4.90. The van der Waals surface area contributed by atoms with Crippen LogP contribution < -0.4 is 10.1 Å². The van der Waals surface area contributed by atoms with E-state index in [0.29, 0.717) is 24.5 Å². The highest BCUT2D eigenvalue weighted by Crippen LogP contribution is 2.30. The SMILES string of the molecule is C=CC(=O)NC1CC(C)N(S(=O)(=O)c2ccc(Oc3ccccc3)nc2)C(C)C1. The Bertz CT molecular complexity index is 949. The number of piperidine rings is 1. The minimum Gasteiger partial charge on any atom is -0.439 e. The van der Waals surface area contributed by atoms with Gasteiger partial charge >= 0.3 is 0 Å². The minimum absolute atomic E-state index is 0.0864. The lowest BCUT2D eigenvalue weighted by atomic mass is 9.95. The molecular formula is C21H25N3O4S. The number of pyridine rings is 1. The van der Waals surface area contributed by atoms with Gasteiger partial charge in [-0.1, -0.05) is 24.8 Å². The van der Waals surface area contributed by atoms with Crippen LogP contribution in [0.4, 0.5) is 0 Å². The number of nitrogens with one attached hydrogen (secondary N) is 1. The average Bonchev–Trinajstić information content (AvgIpc) is 2.68. The molecule has 2 unspecified atom stereocenters. The standard InChI is InChI=1S/C21H25N3O4S/c1-4-20(25)23-17-12-15(2)24(16(3)13-17)29(26,27)19-10-11-21(22-14-19)28-18-8-6-5-7-9-18/h4-11,14-17H,1,12-13H2,2-3H3,(H,23,25). The Hall–Kier alpha value is -2.71. The first-order valence-electron chi connectivity index (χ1n) is 9.46. The van der Waals surface area contributed by atoms with Gasteiger partial charge in [0.05, 0.1) is 6.20 Å². The first-order valence-corrected chi connectivity index (χ1v) is 10.9. The van der Waals surface area contributed by atoms with E-state index in [1.165, 1.54) is 22.6 Å². The van der Waals surface area contributed by atoms with Crippen molar-refractivity contribution in [3.05, 3.63) is 61.3 Å². The lowest BCUT2D eigenvalue weighted by Crippen LogP contribution is -2.54. The molecule has 2 heterocycles. The monoisotopic (exact) mass is 415 g/mol. The molecule has 1 amide bonds. The van der Waals surface area contributed by atoms with Crippen LogP contribution in [0.5, 0.6) is 11.6 Å². The maximum atomic E-state index is 13.2. The summed E-state index contributed by atoms with van der Waals surface area (Å²) in [5.74, 6) is 0.701. The summed E-state index contributed by atoms with van der Waals surface area (Å²) in [6.45, 7) is 7.15. The van der Waals surface area contributed by atoms with Gasteiger partial charge in [0.2, 0.25) is 21.8 Å². The number of carbonyl (C=O) groups excluding carboxylic acids is 1. The van der Waals surface area contributed by atoms with Crippen molar-refractivity contribution in [2.75, 3.05) is 0 Å². The molecule has 29 heavy (non-hydrogen) atoms. The van der Waals surface area contributed by atoms with Crippen LogP contribution in [0.1, 0.15) is 26.7 Å². The Labute approximate surface area is 171 Å². The molecule has 1 N–H and O–H groups in total. The van der Waals surface area contributed by atoms with Gasteiger partial charge in [-0.2, -0.15) is 4.31 Å². The molecule has 1 fully saturated rings. The second-order valence-electron chi connectivity index (χ2n) is 7.16. The van der Waals surface area contributed by atoms with Gasteiger partial charge in [-0.05, 0) is 51.0 Å². The Morgan fingerprint density at radius 1 is 1.17 bits per heavy atom. The molecule has 1 saturated heterocycles. The van der Waals surface area contributed by atoms with Crippen molar-refractivity contribution >= 4 is 15.9 Å². The molecule has 1 aliphatic heterocycles. The molecule has 1 aromatic heterocycles. The van der Waals surface area contributed by atoms with E-state index in [-0.39, 0.29) is 28.9 Å². The zero-order valence-electron chi connectivity index (χ0n) is 16.5. The van der Waals surface area contributed by atoms with Crippen molar-refractivity contribution < 1.29 is 17.9 Å². The molecular weight excluding hydrogens is 390 g/mol. The lowest BCUT2D eigenvalue weighted by Gasteiger charge is -2.41. The molecule has 0 aliphatic carbocycles. The van der Waals surface area contributed by atoms with E-state index in [2.05, 4.69) is 16.9 Å². The Morgan fingerprint density at radius 2 is 1.83 bits per heavy atom. The third-order valence-corrected chi connectivity index (χ3v) is 7.01. The Kier molecular flexibility index (Phi) is 6.34. The summed E-state index contributed by atoms with van der Waals surface area (Å²) in [5, 5.41) is 2.86. The van der Waals surface area contributed by atoms with E-state index in [0.717, 1.165) is 0 Å². The number of sulfonamides is 1. The second-order valence-corrected chi connectivity index (χ2v) is 9.00. The normalized spacial score (nSPS) is 22.6. The van der Waals surface area contributed by atoms with Crippen LogP contribution in [-0.2, 0) is 14.8 Å². The molecule has 3 rings (SSSR count). The van der Waals surface area contributed by atoms with Gasteiger partial charge in [-0.25, -0.2) is 13.4 Å². The quantitative estimate of drug-likeness (QED) is 0.733. The summed E-state index contributed by atoms with van der Waals surface area (Å²) in [6.07, 6.45) is 3.61. The number of aromatic nitrogens is 1. The van der Waals surface area contributed by atoms with Crippen LogP contribution in [0.2, 0.25) is 0 Å².